The first kappa shape index (κ1) is 15.1. The highest BCUT2D eigenvalue weighted by atomic mass is 16.5. The maximum Gasteiger partial charge on any atom is 0.104 e. The Bertz CT molecular complexity index is 236. The average molecular weight is 226 g/mol. The molecule has 16 heavy (non-hydrogen) atoms. The van der Waals surface area contributed by atoms with Crippen LogP contribution in [0.15, 0.2) is 30.3 Å². The van der Waals surface area contributed by atoms with Crippen molar-refractivity contribution in [1.82, 2.24) is 0 Å². The highest BCUT2D eigenvalue weighted by Gasteiger charge is 2.06. The third-order valence-electron chi connectivity index (χ3n) is 1.88. The maximum atomic E-state index is 8.93. The molecule has 0 aliphatic carbocycles. The quantitative estimate of drug-likeness (QED) is 0.808. The molecule has 3 nitrogen and oxygen atoms in total. The van der Waals surface area contributed by atoms with Crippen molar-refractivity contribution in [1.29, 1.82) is 0 Å². The van der Waals surface area contributed by atoms with Gasteiger partial charge in [-0.25, -0.2) is 0 Å². The van der Waals surface area contributed by atoms with Gasteiger partial charge in [-0.05, 0) is 5.56 Å². The van der Waals surface area contributed by atoms with Gasteiger partial charge in [0.25, 0.3) is 0 Å². The largest absolute Gasteiger partial charge is 0.394 e. The van der Waals surface area contributed by atoms with E-state index in [1.165, 1.54) is 0 Å². The number of ether oxygens (including phenoxy) is 2. The van der Waals surface area contributed by atoms with Crippen LogP contribution in [0.4, 0.5) is 0 Å². The first-order valence-corrected chi connectivity index (χ1v) is 5.62. The predicted molar refractivity (Wildman–Crippen MR) is 65.3 cm³/mol. The number of aliphatic hydroxyl groups excluding tert-OH is 1. The van der Waals surface area contributed by atoms with Crippen molar-refractivity contribution >= 4 is 0 Å². The van der Waals surface area contributed by atoms with Gasteiger partial charge in [0.2, 0.25) is 0 Å². The van der Waals surface area contributed by atoms with Crippen LogP contribution in [-0.4, -0.2) is 31.5 Å². The molecule has 1 N–H and O–H groups in total. The summed E-state index contributed by atoms with van der Waals surface area (Å²) in [5, 5.41) is 8.93. The fourth-order valence-corrected chi connectivity index (χ4v) is 1.13. The van der Waals surface area contributed by atoms with Crippen LogP contribution in [0.25, 0.3) is 0 Å². The van der Waals surface area contributed by atoms with Crippen molar-refractivity contribution < 1.29 is 14.6 Å². The van der Waals surface area contributed by atoms with Crippen LogP contribution in [0.1, 0.15) is 19.4 Å². The Morgan fingerprint density at radius 3 is 2.31 bits per heavy atom. The number of benzene rings is 1. The predicted octanol–water partition coefficient (Wildman–Crippen LogP) is 2.24. The molecule has 0 saturated heterocycles. The molecule has 0 bridgehead atoms. The number of methoxy groups -OCH3 is 1. The SMILES string of the molecule is CC.COCC(CO)OCc1ccccc1. The van der Waals surface area contributed by atoms with Gasteiger partial charge < -0.3 is 14.6 Å². The van der Waals surface area contributed by atoms with Gasteiger partial charge in [0.1, 0.15) is 6.10 Å². The Morgan fingerprint density at radius 2 is 1.81 bits per heavy atom. The molecular formula is C13H22O3. The van der Waals surface area contributed by atoms with E-state index in [0.29, 0.717) is 13.2 Å². The zero-order valence-corrected chi connectivity index (χ0v) is 10.3. The molecule has 1 aromatic rings. The summed E-state index contributed by atoms with van der Waals surface area (Å²) >= 11 is 0. The molecule has 0 aliphatic heterocycles. The number of rotatable bonds is 6. The molecule has 0 aromatic heterocycles. The second-order valence-corrected chi connectivity index (χ2v) is 3.06. The van der Waals surface area contributed by atoms with Crippen molar-refractivity contribution in [2.24, 2.45) is 0 Å². The second kappa shape index (κ2) is 10.6. The summed E-state index contributed by atoms with van der Waals surface area (Å²) in [6.45, 7) is 4.92. The lowest BCUT2D eigenvalue weighted by molar-refractivity contribution is -0.0392. The molecule has 0 fully saturated rings. The lowest BCUT2D eigenvalue weighted by Gasteiger charge is -2.14. The lowest BCUT2D eigenvalue weighted by Crippen LogP contribution is -2.23. The van der Waals surface area contributed by atoms with Crippen molar-refractivity contribution in [3.8, 4) is 0 Å². The van der Waals surface area contributed by atoms with Gasteiger partial charge >= 0.3 is 0 Å². The molecule has 92 valence electrons. The van der Waals surface area contributed by atoms with E-state index in [2.05, 4.69) is 0 Å². The average Bonchev–Trinajstić information content (AvgIpc) is 2.38. The van der Waals surface area contributed by atoms with Crippen LogP contribution in [0, 0.1) is 0 Å². The number of hydrogen-bond donors (Lipinski definition) is 1. The maximum absolute atomic E-state index is 8.93. The summed E-state index contributed by atoms with van der Waals surface area (Å²) in [6.07, 6.45) is -0.236. The zero-order valence-electron chi connectivity index (χ0n) is 10.3. The number of aliphatic hydroxyl groups is 1. The molecule has 1 rings (SSSR count). The van der Waals surface area contributed by atoms with Crippen LogP contribution < -0.4 is 0 Å². The summed E-state index contributed by atoms with van der Waals surface area (Å²) in [7, 11) is 1.59. The van der Waals surface area contributed by atoms with Crippen LogP contribution in [-0.2, 0) is 16.1 Å². The molecule has 3 heteroatoms. The molecule has 0 amide bonds. The van der Waals surface area contributed by atoms with Crippen molar-refractivity contribution in [3.05, 3.63) is 35.9 Å². The van der Waals surface area contributed by atoms with Gasteiger partial charge in [0, 0.05) is 7.11 Å². The molecular weight excluding hydrogens is 204 g/mol. The van der Waals surface area contributed by atoms with Gasteiger partial charge in [0.05, 0.1) is 19.8 Å². The summed E-state index contributed by atoms with van der Waals surface area (Å²) < 4.78 is 10.3. The smallest absolute Gasteiger partial charge is 0.104 e. The molecule has 0 saturated carbocycles. The highest BCUT2D eigenvalue weighted by molar-refractivity contribution is 5.13. The Balaban J connectivity index is 0.00000106. The first-order valence-electron chi connectivity index (χ1n) is 5.62. The van der Waals surface area contributed by atoms with Gasteiger partial charge in [-0.3, -0.25) is 0 Å². The standard InChI is InChI=1S/C11H16O3.C2H6/c1-13-9-11(7-12)14-8-10-5-3-2-4-6-10;1-2/h2-6,11-12H,7-9H2,1H3;1-2H3. The van der Waals surface area contributed by atoms with Gasteiger partial charge in [-0.1, -0.05) is 44.2 Å². The Labute approximate surface area is 98.0 Å². The molecule has 0 radical (unpaired) electrons. The van der Waals surface area contributed by atoms with E-state index in [4.69, 9.17) is 14.6 Å². The Morgan fingerprint density at radius 1 is 1.19 bits per heavy atom. The Hall–Kier alpha value is -0.900. The summed E-state index contributed by atoms with van der Waals surface area (Å²) in [5.41, 5.74) is 1.10. The molecule has 1 aromatic carbocycles. The topological polar surface area (TPSA) is 38.7 Å². The molecule has 0 spiro atoms. The van der Waals surface area contributed by atoms with E-state index in [9.17, 15) is 0 Å². The summed E-state index contributed by atoms with van der Waals surface area (Å²) in [4.78, 5) is 0. The van der Waals surface area contributed by atoms with Crippen molar-refractivity contribution in [2.75, 3.05) is 20.3 Å². The van der Waals surface area contributed by atoms with Crippen LogP contribution in [0.5, 0.6) is 0 Å². The van der Waals surface area contributed by atoms with E-state index < -0.39 is 0 Å². The molecule has 1 unspecified atom stereocenters. The van der Waals surface area contributed by atoms with Crippen LogP contribution in [0.2, 0.25) is 0 Å². The van der Waals surface area contributed by atoms with Gasteiger partial charge in [-0.15, -0.1) is 0 Å². The fourth-order valence-electron chi connectivity index (χ4n) is 1.13. The number of hydrogen-bond acceptors (Lipinski definition) is 3. The Kier molecular flexibility index (Phi) is 10.0. The first-order chi connectivity index (χ1) is 7.86. The second-order valence-electron chi connectivity index (χ2n) is 3.06. The van der Waals surface area contributed by atoms with Crippen LogP contribution in [0.3, 0.4) is 0 Å². The van der Waals surface area contributed by atoms with E-state index >= 15 is 0 Å². The summed E-state index contributed by atoms with van der Waals surface area (Å²) in [6, 6.07) is 9.86. The third-order valence-corrected chi connectivity index (χ3v) is 1.88. The van der Waals surface area contributed by atoms with E-state index in [0.717, 1.165) is 5.56 Å². The normalized spacial score (nSPS) is 11.5. The fraction of sp³-hybridized carbons (Fsp3) is 0.538. The summed E-state index contributed by atoms with van der Waals surface area (Å²) in [5.74, 6) is 0. The van der Waals surface area contributed by atoms with E-state index in [-0.39, 0.29) is 12.7 Å². The zero-order chi connectivity index (χ0) is 12.2. The van der Waals surface area contributed by atoms with Gasteiger partial charge in [0.15, 0.2) is 0 Å². The van der Waals surface area contributed by atoms with E-state index in [1.807, 2.05) is 44.2 Å². The molecule has 0 aliphatic rings. The van der Waals surface area contributed by atoms with Crippen LogP contribution >= 0.6 is 0 Å². The third kappa shape index (κ3) is 6.56. The molecule has 1 atom stereocenters. The minimum absolute atomic E-state index is 0.0132. The minimum Gasteiger partial charge on any atom is -0.394 e. The highest BCUT2D eigenvalue weighted by Crippen LogP contribution is 2.03. The van der Waals surface area contributed by atoms with E-state index in [1.54, 1.807) is 7.11 Å². The lowest BCUT2D eigenvalue weighted by atomic mass is 10.2. The van der Waals surface area contributed by atoms with Gasteiger partial charge in [-0.2, -0.15) is 0 Å². The van der Waals surface area contributed by atoms with Crippen molar-refractivity contribution in [3.63, 3.8) is 0 Å². The molecule has 0 heterocycles. The van der Waals surface area contributed by atoms with Crippen molar-refractivity contribution in [2.45, 2.75) is 26.6 Å². The minimum atomic E-state index is -0.236. The monoisotopic (exact) mass is 226 g/mol.